The predicted octanol–water partition coefficient (Wildman–Crippen LogP) is 0.922. The molecule has 2 amide bonds. The fourth-order valence-electron chi connectivity index (χ4n) is 1.64. The molecule has 0 heterocycles. The first-order valence-electron chi connectivity index (χ1n) is 6.39. The summed E-state index contributed by atoms with van der Waals surface area (Å²) in [5, 5.41) is 11.4. The number of rotatable bonds is 8. The van der Waals surface area contributed by atoms with E-state index < -0.39 is 17.9 Å². The van der Waals surface area contributed by atoms with Gasteiger partial charge in [0.25, 0.3) is 0 Å². The standard InChI is InChI=1S/C14H18N2O4S/c1-9-4-2-3-5-11(9)21-8-13(18)16-10(14(19)20)6-7-12(15)17/h2-5,10H,6-8H2,1H3,(H2,15,17)(H,16,18)(H,19,20). The lowest BCUT2D eigenvalue weighted by Crippen LogP contribution is -2.42. The smallest absolute Gasteiger partial charge is 0.326 e. The van der Waals surface area contributed by atoms with Gasteiger partial charge in [0.2, 0.25) is 11.8 Å². The summed E-state index contributed by atoms with van der Waals surface area (Å²) in [7, 11) is 0. The van der Waals surface area contributed by atoms with Gasteiger partial charge in [0.1, 0.15) is 6.04 Å². The second-order valence-electron chi connectivity index (χ2n) is 4.52. The number of aliphatic carboxylic acids is 1. The number of carboxylic acid groups (broad SMARTS) is 1. The maximum Gasteiger partial charge on any atom is 0.326 e. The van der Waals surface area contributed by atoms with Gasteiger partial charge in [-0.15, -0.1) is 11.8 Å². The van der Waals surface area contributed by atoms with Gasteiger partial charge in [-0.2, -0.15) is 0 Å². The number of carbonyl (C=O) groups excluding carboxylic acids is 2. The van der Waals surface area contributed by atoms with E-state index in [4.69, 9.17) is 10.8 Å². The molecular weight excluding hydrogens is 292 g/mol. The Balaban J connectivity index is 2.49. The van der Waals surface area contributed by atoms with Gasteiger partial charge in [-0.05, 0) is 25.0 Å². The number of carboxylic acids is 1. The van der Waals surface area contributed by atoms with E-state index in [-0.39, 0.29) is 24.5 Å². The van der Waals surface area contributed by atoms with Crippen molar-refractivity contribution in [2.24, 2.45) is 5.73 Å². The molecule has 1 rings (SSSR count). The van der Waals surface area contributed by atoms with Crippen LogP contribution < -0.4 is 11.1 Å². The molecule has 0 spiro atoms. The van der Waals surface area contributed by atoms with E-state index in [1.165, 1.54) is 11.8 Å². The number of amides is 2. The molecule has 4 N–H and O–H groups in total. The maximum absolute atomic E-state index is 11.8. The average molecular weight is 310 g/mol. The zero-order valence-corrected chi connectivity index (χ0v) is 12.5. The number of primary amides is 1. The van der Waals surface area contributed by atoms with Crippen LogP contribution in [0, 0.1) is 6.92 Å². The van der Waals surface area contributed by atoms with Crippen molar-refractivity contribution in [2.75, 3.05) is 5.75 Å². The predicted molar refractivity (Wildman–Crippen MR) is 79.9 cm³/mol. The summed E-state index contributed by atoms with van der Waals surface area (Å²) in [6.07, 6.45) is -0.0897. The summed E-state index contributed by atoms with van der Waals surface area (Å²) in [6.45, 7) is 1.94. The molecule has 0 bridgehead atoms. The van der Waals surface area contributed by atoms with E-state index in [2.05, 4.69) is 5.32 Å². The second kappa shape index (κ2) is 8.31. The minimum absolute atomic E-state index is 0.00849. The summed E-state index contributed by atoms with van der Waals surface area (Å²) in [4.78, 5) is 34.4. The van der Waals surface area contributed by atoms with Crippen molar-refractivity contribution in [3.05, 3.63) is 29.8 Å². The van der Waals surface area contributed by atoms with Crippen LogP contribution in [-0.4, -0.2) is 34.7 Å². The van der Waals surface area contributed by atoms with Crippen LogP contribution in [0.15, 0.2) is 29.2 Å². The van der Waals surface area contributed by atoms with Crippen molar-refractivity contribution in [1.29, 1.82) is 0 Å². The van der Waals surface area contributed by atoms with E-state index in [1.54, 1.807) is 0 Å². The van der Waals surface area contributed by atoms with E-state index >= 15 is 0 Å². The Morgan fingerprint density at radius 3 is 2.57 bits per heavy atom. The monoisotopic (exact) mass is 310 g/mol. The van der Waals surface area contributed by atoms with Crippen molar-refractivity contribution >= 4 is 29.5 Å². The summed E-state index contributed by atoms with van der Waals surface area (Å²) < 4.78 is 0. The van der Waals surface area contributed by atoms with E-state index in [0.29, 0.717) is 0 Å². The Morgan fingerprint density at radius 1 is 1.33 bits per heavy atom. The molecule has 1 unspecified atom stereocenters. The molecule has 0 fully saturated rings. The lowest BCUT2D eigenvalue weighted by atomic mass is 10.1. The normalized spacial score (nSPS) is 11.7. The number of carbonyl (C=O) groups is 3. The fourth-order valence-corrected chi connectivity index (χ4v) is 2.48. The van der Waals surface area contributed by atoms with E-state index in [1.807, 2.05) is 31.2 Å². The number of hydrogen-bond donors (Lipinski definition) is 3. The number of hydrogen-bond acceptors (Lipinski definition) is 4. The summed E-state index contributed by atoms with van der Waals surface area (Å²) in [5.41, 5.74) is 6.03. The highest BCUT2D eigenvalue weighted by atomic mass is 32.2. The number of nitrogens with one attached hydrogen (secondary N) is 1. The fraction of sp³-hybridized carbons (Fsp3) is 0.357. The first kappa shape index (κ1) is 17.0. The lowest BCUT2D eigenvalue weighted by molar-refractivity contribution is -0.141. The number of benzene rings is 1. The van der Waals surface area contributed by atoms with Crippen molar-refractivity contribution in [2.45, 2.75) is 30.7 Å². The van der Waals surface area contributed by atoms with E-state index in [0.717, 1.165) is 10.5 Å². The molecule has 7 heteroatoms. The molecule has 0 radical (unpaired) electrons. The Labute approximate surface area is 127 Å². The lowest BCUT2D eigenvalue weighted by Gasteiger charge is -2.13. The van der Waals surface area contributed by atoms with Gasteiger partial charge in [-0.3, -0.25) is 9.59 Å². The zero-order valence-electron chi connectivity index (χ0n) is 11.7. The van der Waals surface area contributed by atoms with Crippen LogP contribution in [0.25, 0.3) is 0 Å². The third kappa shape index (κ3) is 6.31. The van der Waals surface area contributed by atoms with Gasteiger partial charge in [0.05, 0.1) is 5.75 Å². The number of thioether (sulfide) groups is 1. The summed E-state index contributed by atoms with van der Waals surface area (Å²) in [5.74, 6) is -2.04. The van der Waals surface area contributed by atoms with Gasteiger partial charge >= 0.3 is 5.97 Å². The Hall–Kier alpha value is -2.02. The highest BCUT2D eigenvalue weighted by Crippen LogP contribution is 2.21. The molecule has 1 aromatic carbocycles. The SMILES string of the molecule is Cc1ccccc1SCC(=O)NC(CCC(N)=O)C(=O)O. The van der Waals surface area contributed by atoms with Crippen LogP contribution in [-0.2, 0) is 14.4 Å². The molecule has 1 atom stereocenters. The minimum Gasteiger partial charge on any atom is -0.480 e. The summed E-state index contributed by atoms with van der Waals surface area (Å²) >= 11 is 1.34. The highest BCUT2D eigenvalue weighted by Gasteiger charge is 2.20. The Bertz CT molecular complexity index is 533. The number of aryl methyl sites for hydroxylation is 1. The average Bonchev–Trinajstić information content (AvgIpc) is 2.42. The molecule has 1 aromatic rings. The Kier molecular flexibility index (Phi) is 6.74. The van der Waals surface area contributed by atoms with E-state index in [9.17, 15) is 14.4 Å². The first-order chi connectivity index (χ1) is 9.90. The van der Waals surface area contributed by atoms with Crippen LogP contribution in [0.2, 0.25) is 0 Å². The molecule has 6 nitrogen and oxygen atoms in total. The molecule has 0 saturated heterocycles. The number of nitrogens with two attached hydrogens (primary N) is 1. The molecule has 0 saturated carbocycles. The van der Waals surface area contributed by atoms with Gasteiger partial charge in [-0.25, -0.2) is 4.79 Å². The first-order valence-corrected chi connectivity index (χ1v) is 7.37. The van der Waals surface area contributed by atoms with Crippen LogP contribution >= 0.6 is 11.8 Å². The third-order valence-electron chi connectivity index (χ3n) is 2.77. The second-order valence-corrected chi connectivity index (χ2v) is 5.53. The molecule has 114 valence electrons. The quantitative estimate of drug-likeness (QED) is 0.619. The highest BCUT2D eigenvalue weighted by molar-refractivity contribution is 8.00. The van der Waals surface area contributed by atoms with Gasteiger partial charge in [0, 0.05) is 11.3 Å². The van der Waals surface area contributed by atoms with Crippen LogP contribution in [0.5, 0.6) is 0 Å². The molecule has 0 aromatic heterocycles. The molecule has 0 aliphatic heterocycles. The summed E-state index contributed by atoms with van der Waals surface area (Å²) in [6, 6.07) is 6.52. The van der Waals surface area contributed by atoms with Crippen molar-refractivity contribution < 1.29 is 19.5 Å². The van der Waals surface area contributed by atoms with Crippen LogP contribution in [0.4, 0.5) is 0 Å². The molecule has 21 heavy (non-hydrogen) atoms. The van der Waals surface area contributed by atoms with Gasteiger partial charge in [0.15, 0.2) is 0 Å². The van der Waals surface area contributed by atoms with Gasteiger partial charge in [-0.1, -0.05) is 18.2 Å². The maximum atomic E-state index is 11.8. The van der Waals surface area contributed by atoms with Crippen molar-refractivity contribution in [3.8, 4) is 0 Å². The zero-order chi connectivity index (χ0) is 15.8. The molecular formula is C14H18N2O4S. The third-order valence-corrected chi connectivity index (χ3v) is 3.94. The molecule has 0 aliphatic carbocycles. The van der Waals surface area contributed by atoms with Gasteiger partial charge < -0.3 is 16.2 Å². The molecule has 0 aliphatic rings. The largest absolute Gasteiger partial charge is 0.480 e. The van der Waals surface area contributed by atoms with Crippen molar-refractivity contribution in [1.82, 2.24) is 5.32 Å². The van der Waals surface area contributed by atoms with Crippen molar-refractivity contribution in [3.63, 3.8) is 0 Å². The minimum atomic E-state index is -1.18. The Morgan fingerprint density at radius 2 is 2.00 bits per heavy atom. The topological polar surface area (TPSA) is 109 Å². The van der Waals surface area contributed by atoms with Crippen LogP contribution in [0.1, 0.15) is 18.4 Å². The van der Waals surface area contributed by atoms with Crippen LogP contribution in [0.3, 0.4) is 0 Å².